The molecule has 0 fully saturated rings. The smallest absolute Gasteiger partial charge is 0.322 e. The number of anilines is 1. The van der Waals surface area contributed by atoms with Crippen molar-refractivity contribution in [1.29, 1.82) is 0 Å². The summed E-state index contributed by atoms with van der Waals surface area (Å²) in [6.07, 6.45) is 3.03. The lowest BCUT2D eigenvalue weighted by Gasteiger charge is -2.32. The number of benzene rings is 2. The fourth-order valence-electron chi connectivity index (χ4n) is 5.26. The molecule has 9 heteroatoms. The number of nitrogens with zero attached hydrogens (tertiary/aromatic N) is 3. The number of nitrogens with one attached hydrogen (secondary N) is 1. The van der Waals surface area contributed by atoms with Crippen molar-refractivity contribution in [2.45, 2.75) is 25.6 Å². The number of urea groups is 1. The van der Waals surface area contributed by atoms with Gasteiger partial charge in [0, 0.05) is 35.4 Å². The Bertz CT molecular complexity index is 1480. The summed E-state index contributed by atoms with van der Waals surface area (Å²) in [7, 11) is 3.78. The third-order valence-electron chi connectivity index (χ3n) is 7.12. The van der Waals surface area contributed by atoms with Gasteiger partial charge in [0.1, 0.15) is 16.6 Å². The first kappa shape index (κ1) is 24.0. The molecule has 1 N–H and O–H groups in total. The average Bonchev–Trinajstić information content (AvgIpc) is 3.47. The van der Waals surface area contributed by atoms with Gasteiger partial charge in [-0.2, -0.15) is 0 Å². The Morgan fingerprint density at radius 3 is 2.70 bits per heavy atom. The van der Waals surface area contributed by atoms with Crippen LogP contribution in [0.1, 0.15) is 33.3 Å². The summed E-state index contributed by atoms with van der Waals surface area (Å²) in [4.78, 5) is 19.5. The van der Waals surface area contributed by atoms with Crippen LogP contribution < -0.4 is 10.1 Å². The van der Waals surface area contributed by atoms with Gasteiger partial charge in [-0.1, -0.05) is 23.7 Å². The Hall–Kier alpha value is -3.33. The van der Waals surface area contributed by atoms with E-state index in [1.165, 1.54) is 39.2 Å². The molecular weight excluding hydrogens is 511 g/mol. The fourth-order valence-corrected chi connectivity index (χ4v) is 6.88. The van der Waals surface area contributed by atoms with Gasteiger partial charge < -0.3 is 24.4 Å². The highest BCUT2D eigenvalue weighted by atomic mass is 35.5. The van der Waals surface area contributed by atoms with Crippen molar-refractivity contribution >= 4 is 34.7 Å². The Balaban J connectivity index is 1.48. The van der Waals surface area contributed by atoms with Crippen LogP contribution in [0.15, 0.2) is 60.8 Å². The number of amides is 2. The molecule has 0 spiro atoms. The summed E-state index contributed by atoms with van der Waals surface area (Å²) in [6, 6.07) is 15.5. The average molecular weight is 537 g/mol. The molecule has 0 aliphatic carbocycles. The van der Waals surface area contributed by atoms with Gasteiger partial charge in [-0.05, 0) is 67.1 Å². The predicted molar refractivity (Wildman–Crippen MR) is 144 cm³/mol. The van der Waals surface area contributed by atoms with Gasteiger partial charge in [-0.15, -0.1) is 11.3 Å². The maximum atomic E-state index is 13.9. The van der Waals surface area contributed by atoms with E-state index < -0.39 is 5.82 Å². The fraction of sp³-hybridized carbons (Fsp3) is 0.250. The minimum atomic E-state index is -0.525. The number of likely N-dealkylation sites (N-methyl/N-ethyl adjacent to an activating group) is 1. The first-order chi connectivity index (χ1) is 17.9. The summed E-state index contributed by atoms with van der Waals surface area (Å²) in [5.74, 6) is 0.227. The molecule has 2 aliphatic heterocycles. The molecule has 190 valence electrons. The zero-order chi connectivity index (χ0) is 25.7. The molecule has 2 aliphatic rings. The van der Waals surface area contributed by atoms with Crippen LogP contribution >= 0.6 is 22.9 Å². The third kappa shape index (κ3) is 4.29. The Labute approximate surface area is 223 Å². The first-order valence-electron chi connectivity index (χ1n) is 12.1. The lowest BCUT2D eigenvalue weighted by Crippen LogP contribution is -2.38. The number of carbonyl (C=O) groups excluding carboxylic acids is 1. The van der Waals surface area contributed by atoms with E-state index in [0.717, 1.165) is 36.5 Å². The van der Waals surface area contributed by atoms with Crippen molar-refractivity contribution in [1.82, 2.24) is 14.4 Å². The molecule has 6 nitrogen and oxygen atoms in total. The maximum Gasteiger partial charge on any atom is 0.322 e. The normalized spacial score (nSPS) is 17.0. The highest BCUT2D eigenvalue weighted by molar-refractivity contribution is 7.15. The molecule has 0 bridgehead atoms. The molecule has 1 unspecified atom stereocenters. The molecule has 4 aromatic rings. The van der Waals surface area contributed by atoms with E-state index >= 15 is 0 Å². The summed E-state index contributed by atoms with van der Waals surface area (Å²) < 4.78 is 21.4. The number of fused-ring (bicyclic) bond motifs is 5. The third-order valence-corrected chi connectivity index (χ3v) is 8.67. The quantitative estimate of drug-likeness (QED) is 0.327. The van der Waals surface area contributed by atoms with Crippen molar-refractivity contribution in [3.05, 3.63) is 98.9 Å². The zero-order valence-corrected chi connectivity index (χ0v) is 22.1. The van der Waals surface area contributed by atoms with E-state index in [1.54, 1.807) is 7.11 Å². The second-order valence-electron chi connectivity index (χ2n) is 9.44. The molecule has 2 aromatic heterocycles. The summed E-state index contributed by atoms with van der Waals surface area (Å²) in [6.45, 7) is 2.34. The number of ether oxygens (including phenoxy) is 1. The number of halogens is 2. The van der Waals surface area contributed by atoms with Crippen molar-refractivity contribution in [2.24, 2.45) is 0 Å². The summed E-state index contributed by atoms with van der Waals surface area (Å²) in [5, 5.41) is 4.09. The number of rotatable bonds is 3. The van der Waals surface area contributed by atoms with Crippen LogP contribution in [-0.4, -0.2) is 41.1 Å². The Kier molecular flexibility index (Phi) is 6.18. The van der Waals surface area contributed by atoms with Crippen LogP contribution in [0, 0.1) is 5.82 Å². The van der Waals surface area contributed by atoms with Gasteiger partial charge in [0.05, 0.1) is 30.4 Å². The van der Waals surface area contributed by atoms with E-state index in [2.05, 4.69) is 34.1 Å². The molecule has 0 saturated heterocycles. The van der Waals surface area contributed by atoms with E-state index in [4.69, 9.17) is 16.3 Å². The van der Waals surface area contributed by atoms with Crippen molar-refractivity contribution in [3.63, 3.8) is 0 Å². The van der Waals surface area contributed by atoms with Crippen LogP contribution in [0.25, 0.3) is 5.00 Å². The lowest BCUT2D eigenvalue weighted by molar-refractivity contribution is 0.194. The molecule has 37 heavy (non-hydrogen) atoms. The molecule has 0 saturated carbocycles. The number of carbonyl (C=O) groups is 1. The van der Waals surface area contributed by atoms with Crippen LogP contribution in [0.3, 0.4) is 0 Å². The molecule has 2 aromatic carbocycles. The molecule has 2 amide bonds. The van der Waals surface area contributed by atoms with Crippen molar-refractivity contribution in [2.75, 3.05) is 26.0 Å². The van der Waals surface area contributed by atoms with Gasteiger partial charge in [0.2, 0.25) is 0 Å². The van der Waals surface area contributed by atoms with E-state index in [0.29, 0.717) is 12.2 Å². The molecule has 6 rings (SSSR count). The number of hydrogen-bond acceptors (Lipinski definition) is 4. The maximum absolute atomic E-state index is 13.9. The minimum Gasteiger partial charge on any atom is -0.497 e. The Morgan fingerprint density at radius 1 is 1.14 bits per heavy atom. The SMILES string of the molecule is COc1ccc(C2c3cccn3-c3sc4c(c3CN2C(=O)Nc2ccc(F)c(Cl)c2)CCN(C)C4)cc1. The van der Waals surface area contributed by atoms with Gasteiger partial charge in [0.25, 0.3) is 0 Å². The van der Waals surface area contributed by atoms with E-state index in [9.17, 15) is 9.18 Å². The topological polar surface area (TPSA) is 49.7 Å². The highest BCUT2D eigenvalue weighted by Crippen LogP contribution is 2.43. The zero-order valence-electron chi connectivity index (χ0n) is 20.5. The Morgan fingerprint density at radius 2 is 1.95 bits per heavy atom. The molecule has 4 heterocycles. The molecule has 0 radical (unpaired) electrons. The highest BCUT2D eigenvalue weighted by Gasteiger charge is 2.36. The van der Waals surface area contributed by atoms with E-state index in [1.807, 2.05) is 46.6 Å². The van der Waals surface area contributed by atoms with Crippen molar-refractivity contribution in [3.8, 4) is 10.8 Å². The second-order valence-corrected chi connectivity index (χ2v) is 10.9. The van der Waals surface area contributed by atoms with Crippen molar-refractivity contribution < 1.29 is 13.9 Å². The van der Waals surface area contributed by atoms with Gasteiger partial charge in [0.15, 0.2) is 0 Å². The van der Waals surface area contributed by atoms with Gasteiger partial charge in [-0.3, -0.25) is 0 Å². The number of methoxy groups -OCH3 is 1. The van der Waals surface area contributed by atoms with Crippen LogP contribution in [-0.2, 0) is 19.5 Å². The van der Waals surface area contributed by atoms with Crippen LogP contribution in [0.5, 0.6) is 5.75 Å². The number of thiophene rings is 1. The number of hydrogen-bond donors (Lipinski definition) is 1. The lowest BCUT2D eigenvalue weighted by atomic mass is 10.00. The minimum absolute atomic E-state index is 0.0347. The molecule has 1 atom stereocenters. The van der Waals surface area contributed by atoms with Gasteiger partial charge >= 0.3 is 6.03 Å². The molecular formula is C28H26ClFN4O2S. The van der Waals surface area contributed by atoms with Crippen LogP contribution in [0.4, 0.5) is 14.9 Å². The number of aromatic nitrogens is 1. The summed E-state index contributed by atoms with van der Waals surface area (Å²) >= 11 is 7.81. The van der Waals surface area contributed by atoms with Crippen LogP contribution in [0.2, 0.25) is 5.02 Å². The largest absolute Gasteiger partial charge is 0.497 e. The second kappa shape index (κ2) is 9.52. The van der Waals surface area contributed by atoms with E-state index in [-0.39, 0.29) is 17.1 Å². The predicted octanol–water partition coefficient (Wildman–Crippen LogP) is 6.46. The first-order valence-corrected chi connectivity index (χ1v) is 13.3. The summed E-state index contributed by atoms with van der Waals surface area (Å²) in [5.41, 5.74) is 4.95. The monoisotopic (exact) mass is 536 g/mol. The van der Waals surface area contributed by atoms with Gasteiger partial charge in [-0.25, -0.2) is 9.18 Å². The standard InChI is InChI=1S/C28H26ClFN4O2S/c1-32-13-11-20-21-15-34(28(35)31-18-7-10-23(30)22(29)14-18)26(17-5-8-19(36-2)9-6-17)24-4-3-12-33(24)27(21)37-25(20)16-32/h3-10,12,14,26H,11,13,15-16H2,1-2H3,(H,31,35).